The summed E-state index contributed by atoms with van der Waals surface area (Å²) in [6.45, 7) is 4.03. The van der Waals surface area contributed by atoms with Gasteiger partial charge in [0.1, 0.15) is 5.75 Å². The third kappa shape index (κ3) is 4.59. The molecule has 2 aromatic carbocycles. The maximum atomic E-state index is 12.8. The van der Waals surface area contributed by atoms with Crippen LogP contribution in [0.1, 0.15) is 30.5 Å². The molecule has 1 aliphatic heterocycles. The fourth-order valence-electron chi connectivity index (χ4n) is 3.13. The van der Waals surface area contributed by atoms with Crippen LogP contribution in [0.3, 0.4) is 0 Å². The van der Waals surface area contributed by atoms with Gasteiger partial charge in [-0.1, -0.05) is 41.4 Å². The van der Waals surface area contributed by atoms with Crippen molar-refractivity contribution in [3.05, 3.63) is 58.6 Å². The van der Waals surface area contributed by atoms with Crippen LogP contribution in [0.4, 0.5) is 5.69 Å². The number of hydrogen-bond acceptors (Lipinski definition) is 4. The van der Waals surface area contributed by atoms with Gasteiger partial charge < -0.3 is 10.1 Å². The first-order valence-electron chi connectivity index (χ1n) is 8.96. The van der Waals surface area contributed by atoms with E-state index in [2.05, 4.69) is 5.32 Å². The minimum absolute atomic E-state index is 0.128. The molecule has 0 aromatic heterocycles. The molecule has 0 saturated carbocycles. The number of carbonyl (C=O) groups is 1. The van der Waals surface area contributed by atoms with E-state index in [1.54, 1.807) is 12.1 Å². The maximum absolute atomic E-state index is 12.8. The summed E-state index contributed by atoms with van der Waals surface area (Å²) in [6, 6.07) is 12.5. The number of rotatable bonds is 4. The van der Waals surface area contributed by atoms with Gasteiger partial charge in [-0.2, -0.15) is 0 Å². The molecule has 3 rings (SSSR count). The molecule has 28 heavy (non-hydrogen) atoms. The lowest BCUT2D eigenvalue weighted by Crippen LogP contribution is -2.40. The van der Waals surface area contributed by atoms with Gasteiger partial charge in [-0.05, 0) is 37.6 Å². The Morgan fingerprint density at radius 1 is 1.25 bits per heavy atom. The fraction of sp³-hybridized carbons (Fsp3) is 0.350. The Morgan fingerprint density at radius 2 is 1.93 bits per heavy atom. The third-order valence-corrected chi connectivity index (χ3v) is 6.10. The van der Waals surface area contributed by atoms with Crippen molar-refractivity contribution in [1.82, 2.24) is 5.32 Å². The molecule has 1 aliphatic rings. The van der Waals surface area contributed by atoms with E-state index in [0.29, 0.717) is 16.5 Å². The minimum Gasteiger partial charge on any atom is -0.478 e. The Kier molecular flexibility index (Phi) is 5.86. The second kappa shape index (κ2) is 8.01. The number of amides is 1. The SMILES string of the molecule is Cc1ccc([C@H](C)NC(=O)[C@@H]2CCN(S(C)(=O)=O)c3cc(Cl)ccc3O2)cc1. The lowest BCUT2D eigenvalue weighted by molar-refractivity contribution is -0.128. The van der Waals surface area contributed by atoms with Crippen molar-refractivity contribution >= 4 is 33.2 Å². The second-order valence-corrected chi connectivity index (χ2v) is 9.33. The summed E-state index contributed by atoms with van der Waals surface area (Å²) in [5, 5.41) is 3.35. The van der Waals surface area contributed by atoms with E-state index in [0.717, 1.165) is 17.4 Å². The molecule has 1 amide bonds. The lowest BCUT2D eigenvalue weighted by Gasteiger charge is -2.21. The smallest absolute Gasteiger partial charge is 0.261 e. The number of sulfonamides is 1. The van der Waals surface area contributed by atoms with Gasteiger partial charge >= 0.3 is 0 Å². The zero-order chi connectivity index (χ0) is 20.5. The predicted molar refractivity (Wildman–Crippen MR) is 110 cm³/mol. The zero-order valence-electron chi connectivity index (χ0n) is 16.0. The Bertz CT molecular complexity index is 976. The number of halogens is 1. The van der Waals surface area contributed by atoms with Crippen molar-refractivity contribution in [2.45, 2.75) is 32.4 Å². The molecule has 0 spiro atoms. The molecule has 8 heteroatoms. The van der Waals surface area contributed by atoms with Crippen LogP contribution in [-0.4, -0.2) is 33.2 Å². The van der Waals surface area contributed by atoms with E-state index in [1.165, 1.54) is 10.4 Å². The molecule has 0 fully saturated rings. The van der Waals surface area contributed by atoms with Gasteiger partial charge in [-0.3, -0.25) is 9.10 Å². The largest absolute Gasteiger partial charge is 0.478 e. The van der Waals surface area contributed by atoms with Gasteiger partial charge in [0.2, 0.25) is 10.0 Å². The molecule has 0 unspecified atom stereocenters. The highest BCUT2D eigenvalue weighted by molar-refractivity contribution is 7.92. The molecule has 2 aromatic rings. The maximum Gasteiger partial charge on any atom is 0.261 e. The number of nitrogens with zero attached hydrogens (tertiary/aromatic N) is 1. The topological polar surface area (TPSA) is 75.7 Å². The molecule has 0 saturated heterocycles. The van der Waals surface area contributed by atoms with Crippen molar-refractivity contribution in [1.29, 1.82) is 0 Å². The van der Waals surface area contributed by atoms with E-state index in [-0.39, 0.29) is 24.9 Å². The van der Waals surface area contributed by atoms with Crippen LogP contribution < -0.4 is 14.4 Å². The number of carbonyl (C=O) groups excluding carboxylic acids is 1. The number of ether oxygens (including phenoxy) is 1. The average Bonchev–Trinajstić information content (AvgIpc) is 2.81. The highest BCUT2D eigenvalue weighted by Crippen LogP contribution is 2.36. The summed E-state index contributed by atoms with van der Waals surface area (Å²) in [5.74, 6) is 0.0276. The van der Waals surface area contributed by atoms with Crippen LogP contribution in [0.25, 0.3) is 0 Å². The summed E-state index contributed by atoms with van der Waals surface area (Å²) >= 11 is 6.04. The number of aryl methyl sites for hydroxylation is 1. The van der Waals surface area contributed by atoms with Gasteiger partial charge in [0, 0.05) is 18.0 Å². The highest BCUT2D eigenvalue weighted by atomic mass is 35.5. The van der Waals surface area contributed by atoms with Crippen LogP contribution in [-0.2, 0) is 14.8 Å². The van der Waals surface area contributed by atoms with Crippen molar-refractivity contribution in [2.24, 2.45) is 0 Å². The summed E-state index contributed by atoms with van der Waals surface area (Å²) in [6.07, 6.45) is 0.545. The van der Waals surface area contributed by atoms with Crippen LogP contribution in [0.15, 0.2) is 42.5 Å². The van der Waals surface area contributed by atoms with E-state index in [4.69, 9.17) is 16.3 Å². The Hall–Kier alpha value is -2.25. The van der Waals surface area contributed by atoms with Gasteiger partial charge in [-0.25, -0.2) is 8.42 Å². The van der Waals surface area contributed by atoms with Gasteiger partial charge in [0.25, 0.3) is 5.91 Å². The first kappa shape index (κ1) is 20.5. The zero-order valence-corrected chi connectivity index (χ0v) is 17.5. The normalized spacial score (nSPS) is 17.9. The first-order valence-corrected chi connectivity index (χ1v) is 11.2. The predicted octanol–water partition coefficient (Wildman–Crippen LogP) is 3.44. The summed E-state index contributed by atoms with van der Waals surface area (Å²) < 4.78 is 31.5. The Balaban J connectivity index is 1.81. The lowest BCUT2D eigenvalue weighted by atomic mass is 10.1. The van der Waals surface area contributed by atoms with Crippen molar-refractivity contribution in [3.8, 4) is 5.75 Å². The number of benzene rings is 2. The van der Waals surface area contributed by atoms with E-state index < -0.39 is 16.1 Å². The quantitative estimate of drug-likeness (QED) is 0.818. The molecule has 0 radical (unpaired) electrons. The molecular formula is C20H23ClN2O4S. The Morgan fingerprint density at radius 3 is 2.57 bits per heavy atom. The first-order chi connectivity index (χ1) is 13.1. The van der Waals surface area contributed by atoms with E-state index in [9.17, 15) is 13.2 Å². The number of anilines is 1. The molecular weight excluding hydrogens is 400 g/mol. The van der Waals surface area contributed by atoms with Crippen LogP contribution in [0, 0.1) is 6.92 Å². The van der Waals surface area contributed by atoms with Crippen LogP contribution >= 0.6 is 11.6 Å². The summed E-state index contributed by atoms with van der Waals surface area (Å²) in [4.78, 5) is 12.8. The second-order valence-electron chi connectivity index (χ2n) is 6.98. The molecule has 1 N–H and O–H groups in total. The molecule has 0 bridgehead atoms. The van der Waals surface area contributed by atoms with Crippen molar-refractivity contribution < 1.29 is 17.9 Å². The third-order valence-electron chi connectivity index (χ3n) is 4.68. The number of hydrogen-bond donors (Lipinski definition) is 1. The molecule has 150 valence electrons. The van der Waals surface area contributed by atoms with Gasteiger partial charge in [-0.15, -0.1) is 0 Å². The highest BCUT2D eigenvalue weighted by Gasteiger charge is 2.31. The monoisotopic (exact) mass is 422 g/mol. The van der Waals surface area contributed by atoms with Crippen LogP contribution in [0.2, 0.25) is 5.02 Å². The van der Waals surface area contributed by atoms with Gasteiger partial charge in [0.05, 0.1) is 18.0 Å². The van der Waals surface area contributed by atoms with E-state index >= 15 is 0 Å². The molecule has 0 aliphatic carbocycles. The molecule has 1 heterocycles. The Labute approximate surface area is 170 Å². The fourth-order valence-corrected chi connectivity index (χ4v) is 4.23. The molecule has 2 atom stereocenters. The van der Waals surface area contributed by atoms with Gasteiger partial charge in [0.15, 0.2) is 6.10 Å². The average molecular weight is 423 g/mol. The van der Waals surface area contributed by atoms with Crippen molar-refractivity contribution in [3.63, 3.8) is 0 Å². The summed E-state index contributed by atoms with van der Waals surface area (Å²) in [5.41, 5.74) is 2.47. The standard InChI is InChI=1S/C20H23ClN2O4S/c1-13-4-6-15(7-5-13)14(2)22-20(24)19-10-11-23(28(3,25)26)17-12-16(21)8-9-18(17)27-19/h4-9,12,14,19H,10-11H2,1-3H3,(H,22,24)/t14-,19-/m0/s1. The van der Waals surface area contributed by atoms with Crippen molar-refractivity contribution in [2.75, 3.05) is 17.1 Å². The number of fused-ring (bicyclic) bond motifs is 1. The molecule has 6 nitrogen and oxygen atoms in total. The van der Waals surface area contributed by atoms with Crippen LogP contribution in [0.5, 0.6) is 5.75 Å². The number of nitrogens with one attached hydrogen (secondary N) is 1. The van der Waals surface area contributed by atoms with E-state index in [1.807, 2.05) is 38.1 Å². The minimum atomic E-state index is -3.54. The summed E-state index contributed by atoms with van der Waals surface area (Å²) in [7, 11) is -3.54.